The number of fused-ring (bicyclic) bond motifs is 16. The lowest BCUT2D eigenvalue weighted by Gasteiger charge is -2.36. The molecule has 3 aliphatic heterocycles. The van der Waals surface area contributed by atoms with Crippen LogP contribution in [0.25, 0.3) is 33.4 Å². The topological polar surface area (TPSA) is 33.3 Å². The van der Waals surface area contributed by atoms with Crippen molar-refractivity contribution in [2.45, 2.75) is 29.5 Å². The zero-order chi connectivity index (χ0) is 38.0. The molecule has 3 heterocycles. The molecule has 274 valence electrons. The molecule has 13 rings (SSSR count). The minimum atomic E-state index is -0.472. The Morgan fingerprint density at radius 3 is 1.91 bits per heavy atom. The van der Waals surface area contributed by atoms with Gasteiger partial charge in [-0.1, -0.05) is 158 Å². The van der Waals surface area contributed by atoms with Gasteiger partial charge in [-0.3, -0.25) is 0 Å². The van der Waals surface area contributed by atoms with Gasteiger partial charge in [0.15, 0.2) is 0 Å². The molecule has 0 saturated heterocycles. The van der Waals surface area contributed by atoms with Crippen molar-refractivity contribution in [2.24, 2.45) is 0 Å². The molecule has 58 heavy (non-hydrogen) atoms. The second-order valence-electron chi connectivity index (χ2n) is 16.4. The number of rotatable bonds is 3. The maximum absolute atomic E-state index is 7.25. The van der Waals surface area contributed by atoms with Gasteiger partial charge in [-0.2, -0.15) is 0 Å². The number of allylic oxidation sites excluding steroid dienone is 4. The summed E-state index contributed by atoms with van der Waals surface area (Å²) in [6, 6.07) is 60.9. The summed E-state index contributed by atoms with van der Waals surface area (Å²) in [6.45, 7) is 0. The highest BCUT2D eigenvalue weighted by Crippen LogP contribution is 2.67. The van der Waals surface area contributed by atoms with Crippen molar-refractivity contribution < 1.29 is 4.74 Å². The Morgan fingerprint density at radius 2 is 1.16 bits per heavy atom. The van der Waals surface area contributed by atoms with E-state index in [2.05, 4.69) is 205 Å². The lowest BCUT2D eigenvalue weighted by Crippen LogP contribution is -2.30. The molecule has 7 aromatic carbocycles. The molecular formula is C55H38N2O. The lowest BCUT2D eigenvalue weighted by molar-refractivity contribution is 0.280. The van der Waals surface area contributed by atoms with E-state index in [9.17, 15) is 0 Å². The Kier molecular flexibility index (Phi) is 6.60. The number of ether oxygens (including phenoxy) is 1. The highest BCUT2D eigenvalue weighted by molar-refractivity contribution is 6.01. The maximum Gasteiger partial charge on any atom is 0.136 e. The minimum absolute atomic E-state index is 0.00947. The van der Waals surface area contributed by atoms with Crippen LogP contribution < -0.4 is 15.4 Å². The molecule has 6 aliphatic rings. The molecule has 1 spiro atoms. The van der Waals surface area contributed by atoms with Gasteiger partial charge in [-0.05, 0) is 109 Å². The summed E-state index contributed by atoms with van der Waals surface area (Å²) >= 11 is 0. The van der Waals surface area contributed by atoms with Crippen molar-refractivity contribution >= 4 is 16.8 Å². The average Bonchev–Trinajstić information content (AvgIpc) is 3.93. The fraction of sp³-hybridized carbons (Fsp3) is 0.0909. The lowest BCUT2D eigenvalue weighted by atomic mass is 9.66. The van der Waals surface area contributed by atoms with E-state index in [1.165, 1.54) is 89.0 Å². The SMILES string of the molecule is C1=CNC(c2cc(C3=CC4=C(c5ccccc5C45c4ccccc4-c4ccccc45)C4Oc5ccccc5C34)cc(C3Nc4ccccc4-c4ccccc43)c2)C=C1. The van der Waals surface area contributed by atoms with E-state index < -0.39 is 5.41 Å². The van der Waals surface area contributed by atoms with Gasteiger partial charge in [0.1, 0.15) is 11.9 Å². The van der Waals surface area contributed by atoms with E-state index in [4.69, 9.17) is 4.74 Å². The molecule has 0 bridgehead atoms. The van der Waals surface area contributed by atoms with Crippen LogP contribution in [0.15, 0.2) is 200 Å². The molecule has 0 fully saturated rings. The van der Waals surface area contributed by atoms with Crippen molar-refractivity contribution in [1.29, 1.82) is 0 Å². The third-order valence-electron chi connectivity index (χ3n) is 13.6. The molecule has 4 unspecified atom stereocenters. The van der Waals surface area contributed by atoms with Crippen LogP contribution in [0.4, 0.5) is 5.69 Å². The Balaban J connectivity index is 1.09. The summed E-state index contributed by atoms with van der Waals surface area (Å²) in [6.07, 6.45) is 11.0. The second kappa shape index (κ2) is 12.0. The summed E-state index contributed by atoms with van der Waals surface area (Å²) in [4.78, 5) is 0. The van der Waals surface area contributed by atoms with E-state index in [0.29, 0.717) is 0 Å². The van der Waals surface area contributed by atoms with Crippen molar-refractivity contribution in [3.05, 3.63) is 250 Å². The van der Waals surface area contributed by atoms with E-state index in [0.717, 1.165) is 11.4 Å². The third kappa shape index (κ3) is 4.23. The molecule has 3 aliphatic carbocycles. The zero-order valence-electron chi connectivity index (χ0n) is 31.7. The Bertz CT molecular complexity index is 2990. The van der Waals surface area contributed by atoms with Crippen molar-refractivity contribution in [2.75, 3.05) is 5.32 Å². The van der Waals surface area contributed by atoms with Crippen LogP contribution in [0.2, 0.25) is 0 Å². The number of benzene rings is 7. The first kappa shape index (κ1) is 32.0. The number of dihydropyridines is 1. The molecule has 7 aromatic rings. The van der Waals surface area contributed by atoms with Gasteiger partial charge in [-0.15, -0.1) is 0 Å². The van der Waals surface area contributed by atoms with Crippen molar-refractivity contribution in [3.63, 3.8) is 0 Å². The molecule has 0 amide bonds. The summed E-state index contributed by atoms with van der Waals surface area (Å²) in [5.74, 6) is 0.982. The van der Waals surface area contributed by atoms with E-state index in [1.54, 1.807) is 0 Å². The summed E-state index contributed by atoms with van der Waals surface area (Å²) in [5.41, 5.74) is 21.3. The third-order valence-corrected chi connectivity index (χ3v) is 13.6. The smallest absolute Gasteiger partial charge is 0.136 e. The summed E-state index contributed by atoms with van der Waals surface area (Å²) in [5, 5.41) is 7.66. The standard InChI is InChI=1S/C55H38N2O/c1-2-19-40-36(15-1)39-18-6-11-26-49(39)57-53(40)35-30-33(29-34(31-35)48-25-13-14-28-56-48)43-32-47-52(54-51(43)42-21-7-12-27-50(42)58-54)41-20-5-10-24-46(41)55(47)44-22-8-3-16-37(44)38-17-4-9-23-45(38)55/h1-32,48,51,53-54,56-57H. The Hall–Kier alpha value is -7.10. The highest BCUT2D eigenvalue weighted by atomic mass is 16.5. The Morgan fingerprint density at radius 1 is 0.534 bits per heavy atom. The largest absolute Gasteiger partial charge is 0.484 e. The van der Waals surface area contributed by atoms with Crippen molar-refractivity contribution in [3.8, 4) is 28.0 Å². The van der Waals surface area contributed by atoms with Gasteiger partial charge in [0, 0.05) is 22.4 Å². The predicted octanol–water partition coefficient (Wildman–Crippen LogP) is 12.3. The monoisotopic (exact) mass is 742 g/mol. The molecule has 3 nitrogen and oxygen atoms in total. The molecule has 3 heteroatoms. The van der Waals surface area contributed by atoms with Crippen LogP contribution in [-0.4, -0.2) is 6.10 Å². The first-order valence-electron chi connectivity index (χ1n) is 20.5. The van der Waals surface area contributed by atoms with E-state index in [-0.39, 0.29) is 24.1 Å². The summed E-state index contributed by atoms with van der Waals surface area (Å²) in [7, 11) is 0. The van der Waals surface area contributed by atoms with Crippen LogP contribution in [0.5, 0.6) is 5.75 Å². The highest BCUT2D eigenvalue weighted by Gasteiger charge is 2.57. The second-order valence-corrected chi connectivity index (χ2v) is 16.4. The first-order valence-corrected chi connectivity index (χ1v) is 20.5. The maximum atomic E-state index is 7.25. The summed E-state index contributed by atoms with van der Waals surface area (Å²) < 4.78 is 7.25. The van der Waals surface area contributed by atoms with Gasteiger partial charge in [-0.25, -0.2) is 0 Å². The fourth-order valence-corrected chi connectivity index (χ4v) is 11.3. The van der Waals surface area contributed by atoms with Gasteiger partial charge >= 0.3 is 0 Å². The quantitative estimate of drug-likeness (QED) is 0.189. The number of nitrogens with one attached hydrogen (secondary N) is 2. The number of hydrogen-bond acceptors (Lipinski definition) is 3. The predicted molar refractivity (Wildman–Crippen MR) is 235 cm³/mol. The molecule has 4 atom stereocenters. The van der Waals surface area contributed by atoms with Crippen LogP contribution >= 0.6 is 0 Å². The molecule has 2 N–H and O–H groups in total. The fourth-order valence-electron chi connectivity index (χ4n) is 11.3. The Labute approximate surface area is 338 Å². The zero-order valence-corrected chi connectivity index (χ0v) is 31.7. The van der Waals surface area contributed by atoms with Crippen LogP contribution in [0.3, 0.4) is 0 Å². The average molecular weight is 743 g/mol. The van der Waals surface area contributed by atoms with Crippen LogP contribution in [0, 0.1) is 0 Å². The van der Waals surface area contributed by atoms with Gasteiger partial charge in [0.25, 0.3) is 0 Å². The number of hydrogen-bond donors (Lipinski definition) is 2. The van der Waals surface area contributed by atoms with Gasteiger partial charge in [0.05, 0.1) is 23.4 Å². The van der Waals surface area contributed by atoms with Crippen LogP contribution in [-0.2, 0) is 5.41 Å². The van der Waals surface area contributed by atoms with Crippen molar-refractivity contribution in [1.82, 2.24) is 5.32 Å². The number of para-hydroxylation sites is 2. The molecule has 0 saturated carbocycles. The van der Waals surface area contributed by atoms with Crippen LogP contribution in [0.1, 0.15) is 68.1 Å². The normalized spacial score (nSPS) is 21.6. The van der Waals surface area contributed by atoms with E-state index in [1.807, 2.05) is 0 Å². The molecular weight excluding hydrogens is 705 g/mol. The molecule has 0 radical (unpaired) electrons. The molecule has 0 aromatic heterocycles. The number of anilines is 1. The van der Waals surface area contributed by atoms with Gasteiger partial charge in [0.2, 0.25) is 0 Å². The van der Waals surface area contributed by atoms with Gasteiger partial charge < -0.3 is 15.4 Å². The van der Waals surface area contributed by atoms with E-state index >= 15 is 0 Å². The first-order chi connectivity index (χ1) is 28.8. The minimum Gasteiger partial charge on any atom is -0.484 e.